The summed E-state index contributed by atoms with van der Waals surface area (Å²) >= 11 is 0. The molecule has 0 radical (unpaired) electrons. The fraction of sp³-hybridized carbons (Fsp3) is 0.409. The van der Waals surface area contributed by atoms with E-state index in [4.69, 9.17) is 4.42 Å². The van der Waals surface area contributed by atoms with E-state index in [2.05, 4.69) is 60.0 Å². The molecule has 30 heavy (non-hydrogen) atoms. The molecule has 0 bridgehead atoms. The van der Waals surface area contributed by atoms with Crippen molar-refractivity contribution in [1.82, 2.24) is 30.7 Å². The van der Waals surface area contributed by atoms with Crippen LogP contribution in [0.3, 0.4) is 0 Å². The first-order valence-electron chi connectivity index (χ1n) is 10.5. The molecule has 158 valence electrons. The maximum absolute atomic E-state index is 5.32. The number of likely N-dealkylation sites (tertiary alicyclic amines) is 1. The van der Waals surface area contributed by atoms with Crippen molar-refractivity contribution < 1.29 is 4.42 Å². The summed E-state index contributed by atoms with van der Waals surface area (Å²) in [7, 11) is 1.78. The Morgan fingerprint density at radius 2 is 1.93 bits per heavy atom. The molecule has 0 saturated carbocycles. The lowest BCUT2D eigenvalue weighted by Gasteiger charge is -2.15. The number of nitrogens with one attached hydrogen (secondary N) is 3. The molecule has 3 heterocycles. The first-order chi connectivity index (χ1) is 14.8. The zero-order valence-electron chi connectivity index (χ0n) is 17.4. The fourth-order valence-corrected chi connectivity index (χ4v) is 3.59. The van der Waals surface area contributed by atoms with E-state index in [1.165, 1.54) is 37.1 Å². The van der Waals surface area contributed by atoms with Crippen molar-refractivity contribution in [2.24, 2.45) is 4.99 Å². The van der Waals surface area contributed by atoms with Gasteiger partial charge in [0.1, 0.15) is 5.82 Å². The Bertz CT molecular complexity index is 925. The lowest BCUT2D eigenvalue weighted by Crippen LogP contribution is -2.37. The van der Waals surface area contributed by atoms with Gasteiger partial charge in [0, 0.05) is 33.1 Å². The van der Waals surface area contributed by atoms with Gasteiger partial charge < -0.3 is 15.1 Å². The van der Waals surface area contributed by atoms with E-state index in [0.29, 0.717) is 24.6 Å². The number of aliphatic imine (C=N–C) groups is 1. The van der Waals surface area contributed by atoms with Crippen molar-refractivity contribution in [3.05, 3.63) is 59.6 Å². The minimum absolute atomic E-state index is 0.575. The Balaban J connectivity index is 1.19. The second-order valence-corrected chi connectivity index (χ2v) is 7.49. The number of aromatic amines is 1. The highest BCUT2D eigenvalue weighted by Gasteiger charge is 2.11. The van der Waals surface area contributed by atoms with E-state index in [1.807, 2.05) is 12.1 Å². The van der Waals surface area contributed by atoms with Crippen LogP contribution in [0.1, 0.15) is 29.8 Å². The molecular weight excluding hydrogens is 378 g/mol. The average molecular weight is 408 g/mol. The molecule has 0 atom stereocenters. The summed E-state index contributed by atoms with van der Waals surface area (Å²) in [5.74, 6) is 2.81. The second kappa shape index (κ2) is 10.1. The van der Waals surface area contributed by atoms with E-state index in [1.54, 1.807) is 13.3 Å². The van der Waals surface area contributed by atoms with Gasteiger partial charge in [-0.25, -0.2) is 4.98 Å². The number of H-pyrrole nitrogens is 1. The smallest absolute Gasteiger partial charge is 0.216 e. The van der Waals surface area contributed by atoms with Gasteiger partial charge in [-0.1, -0.05) is 24.3 Å². The van der Waals surface area contributed by atoms with Crippen LogP contribution in [-0.2, 0) is 19.5 Å². The van der Waals surface area contributed by atoms with Crippen molar-refractivity contribution >= 4 is 5.96 Å². The molecule has 1 aromatic carbocycles. The van der Waals surface area contributed by atoms with Gasteiger partial charge in [0.25, 0.3) is 0 Å². The molecular formula is C22H29N7O. The second-order valence-electron chi connectivity index (χ2n) is 7.49. The van der Waals surface area contributed by atoms with Crippen molar-refractivity contribution in [2.45, 2.75) is 32.4 Å². The van der Waals surface area contributed by atoms with Gasteiger partial charge in [0.15, 0.2) is 11.7 Å². The number of nitrogens with zero attached hydrogens (tertiary/aromatic N) is 4. The number of furan rings is 1. The molecule has 8 nitrogen and oxygen atoms in total. The predicted molar refractivity (Wildman–Crippen MR) is 117 cm³/mol. The molecule has 8 heteroatoms. The van der Waals surface area contributed by atoms with Gasteiger partial charge in [0.2, 0.25) is 5.82 Å². The first-order valence-corrected chi connectivity index (χ1v) is 10.5. The van der Waals surface area contributed by atoms with Gasteiger partial charge in [-0.15, -0.1) is 0 Å². The monoisotopic (exact) mass is 407 g/mol. The maximum atomic E-state index is 5.32. The normalized spacial score (nSPS) is 14.9. The van der Waals surface area contributed by atoms with Crippen LogP contribution in [0.15, 0.2) is 52.1 Å². The van der Waals surface area contributed by atoms with Gasteiger partial charge in [0.05, 0.1) is 6.26 Å². The Morgan fingerprint density at radius 3 is 2.67 bits per heavy atom. The zero-order valence-corrected chi connectivity index (χ0v) is 17.4. The molecule has 3 N–H and O–H groups in total. The molecule has 0 aliphatic carbocycles. The SMILES string of the molecule is CN=C(NCCc1nc(-c2ccco2)n[nH]1)NCc1ccc(CN2CCCC2)cc1. The summed E-state index contributed by atoms with van der Waals surface area (Å²) in [6.07, 6.45) is 4.98. The molecule has 0 spiro atoms. The minimum atomic E-state index is 0.575. The van der Waals surface area contributed by atoms with Crippen LogP contribution in [0, 0.1) is 0 Å². The Labute approximate surface area is 176 Å². The van der Waals surface area contributed by atoms with Crippen molar-refractivity contribution in [3.63, 3.8) is 0 Å². The van der Waals surface area contributed by atoms with Crippen LogP contribution in [-0.4, -0.2) is 52.7 Å². The van der Waals surface area contributed by atoms with Gasteiger partial charge >= 0.3 is 0 Å². The number of hydrogen-bond donors (Lipinski definition) is 3. The third-order valence-corrected chi connectivity index (χ3v) is 5.24. The molecule has 1 fully saturated rings. The van der Waals surface area contributed by atoms with Gasteiger partial charge in [-0.3, -0.25) is 15.0 Å². The fourth-order valence-electron chi connectivity index (χ4n) is 3.59. The predicted octanol–water partition coefficient (Wildman–Crippen LogP) is 2.57. The highest BCUT2D eigenvalue weighted by molar-refractivity contribution is 5.79. The van der Waals surface area contributed by atoms with E-state index in [-0.39, 0.29) is 0 Å². The van der Waals surface area contributed by atoms with Crippen LogP contribution in [0.4, 0.5) is 0 Å². The van der Waals surface area contributed by atoms with E-state index in [0.717, 1.165) is 24.9 Å². The van der Waals surface area contributed by atoms with Crippen molar-refractivity contribution in [1.29, 1.82) is 0 Å². The largest absolute Gasteiger partial charge is 0.461 e. The summed E-state index contributed by atoms with van der Waals surface area (Å²) in [6, 6.07) is 12.5. The highest BCUT2D eigenvalue weighted by Crippen LogP contribution is 2.15. The number of guanidine groups is 1. The van der Waals surface area contributed by atoms with Crippen LogP contribution >= 0.6 is 0 Å². The highest BCUT2D eigenvalue weighted by atomic mass is 16.3. The Hall–Kier alpha value is -3.13. The van der Waals surface area contributed by atoms with E-state index >= 15 is 0 Å². The Kier molecular flexibility index (Phi) is 6.76. The zero-order chi connectivity index (χ0) is 20.6. The van der Waals surface area contributed by atoms with Gasteiger partial charge in [-0.05, 0) is 49.2 Å². The Morgan fingerprint density at radius 1 is 1.13 bits per heavy atom. The molecule has 3 aromatic rings. The summed E-state index contributed by atoms with van der Waals surface area (Å²) in [5.41, 5.74) is 2.62. The molecule has 1 saturated heterocycles. The van der Waals surface area contributed by atoms with Gasteiger partial charge in [-0.2, -0.15) is 5.10 Å². The summed E-state index contributed by atoms with van der Waals surface area (Å²) in [5, 5.41) is 13.8. The van der Waals surface area contributed by atoms with Crippen LogP contribution in [0.25, 0.3) is 11.6 Å². The maximum Gasteiger partial charge on any atom is 0.216 e. The summed E-state index contributed by atoms with van der Waals surface area (Å²) < 4.78 is 5.32. The van der Waals surface area contributed by atoms with E-state index in [9.17, 15) is 0 Å². The first kappa shape index (κ1) is 20.2. The quantitative estimate of drug-likeness (QED) is 0.392. The topological polar surface area (TPSA) is 94.4 Å². The molecule has 0 unspecified atom stereocenters. The molecule has 2 aromatic heterocycles. The van der Waals surface area contributed by atoms with Crippen LogP contribution in [0.2, 0.25) is 0 Å². The van der Waals surface area contributed by atoms with Crippen LogP contribution < -0.4 is 10.6 Å². The molecule has 1 aliphatic rings. The van der Waals surface area contributed by atoms with Crippen LogP contribution in [0.5, 0.6) is 0 Å². The molecule has 0 amide bonds. The summed E-state index contributed by atoms with van der Waals surface area (Å²) in [4.78, 5) is 11.3. The number of aromatic nitrogens is 3. The average Bonchev–Trinajstić information content (AvgIpc) is 3.54. The van der Waals surface area contributed by atoms with Crippen molar-refractivity contribution in [3.8, 4) is 11.6 Å². The molecule has 4 rings (SSSR count). The number of benzene rings is 1. The standard InChI is InChI=1S/C22H29N7O/c1-23-22(24-11-10-20-26-21(28-27-20)19-5-4-14-30-19)25-15-17-6-8-18(9-7-17)16-29-12-2-3-13-29/h4-9,14H,2-3,10-13,15-16H2,1H3,(H2,23,24,25)(H,26,27,28). The minimum Gasteiger partial charge on any atom is -0.461 e. The number of hydrogen-bond acceptors (Lipinski definition) is 5. The lowest BCUT2D eigenvalue weighted by atomic mass is 10.1. The number of rotatable bonds is 8. The summed E-state index contributed by atoms with van der Waals surface area (Å²) in [6.45, 7) is 4.93. The third kappa shape index (κ3) is 5.48. The molecule has 1 aliphatic heterocycles. The van der Waals surface area contributed by atoms with E-state index < -0.39 is 0 Å². The third-order valence-electron chi connectivity index (χ3n) is 5.24. The lowest BCUT2D eigenvalue weighted by molar-refractivity contribution is 0.331. The van der Waals surface area contributed by atoms with Crippen molar-refractivity contribution in [2.75, 3.05) is 26.7 Å².